The van der Waals surface area contributed by atoms with Gasteiger partial charge in [-0.2, -0.15) is 0 Å². The summed E-state index contributed by atoms with van der Waals surface area (Å²) in [4.78, 5) is 24.4. The Morgan fingerprint density at radius 1 is 1.03 bits per heavy atom. The van der Waals surface area contributed by atoms with Crippen molar-refractivity contribution in [3.8, 4) is 17.2 Å². The molecular weight excluding hydrogens is 422 g/mol. The number of carbonyl (C=O) groups is 2. The molecule has 2 aromatic rings. The van der Waals surface area contributed by atoms with Crippen molar-refractivity contribution in [2.45, 2.75) is 20.3 Å². The number of hydrogen-bond acceptors (Lipinski definition) is 6. The SMILES string of the molecule is CCCOc1ccc(/C=C/C(=O)Nc2cc(OC)c(C(=O)OCC)cc2Cl)cc1OC. The van der Waals surface area contributed by atoms with Crippen LogP contribution in [0.15, 0.2) is 36.4 Å². The molecule has 2 rings (SSSR count). The van der Waals surface area contributed by atoms with Gasteiger partial charge in [0.2, 0.25) is 5.91 Å². The number of amides is 1. The molecule has 0 atom stereocenters. The Balaban J connectivity index is 2.15. The molecule has 0 fully saturated rings. The number of carbonyl (C=O) groups excluding carboxylic acids is 2. The maximum Gasteiger partial charge on any atom is 0.341 e. The lowest BCUT2D eigenvalue weighted by Gasteiger charge is -2.12. The van der Waals surface area contributed by atoms with Crippen molar-refractivity contribution in [1.29, 1.82) is 0 Å². The van der Waals surface area contributed by atoms with Crippen LogP contribution in [0.1, 0.15) is 36.2 Å². The average Bonchev–Trinajstić information content (AvgIpc) is 2.77. The number of nitrogens with one attached hydrogen (secondary N) is 1. The molecule has 0 bridgehead atoms. The third kappa shape index (κ3) is 6.65. The minimum Gasteiger partial charge on any atom is -0.496 e. The molecule has 0 saturated carbocycles. The maximum atomic E-state index is 12.4. The molecule has 1 N–H and O–H groups in total. The molecule has 2 aromatic carbocycles. The first-order valence-electron chi connectivity index (χ1n) is 9.78. The number of esters is 1. The summed E-state index contributed by atoms with van der Waals surface area (Å²) in [6.07, 6.45) is 3.89. The van der Waals surface area contributed by atoms with Crippen molar-refractivity contribution in [1.82, 2.24) is 0 Å². The Hall–Kier alpha value is -3.19. The summed E-state index contributed by atoms with van der Waals surface area (Å²) in [5.74, 6) is 0.511. The molecule has 0 aliphatic carbocycles. The van der Waals surface area contributed by atoms with Crippen LogP contribution in [0.3, 0.4) is 0 Å². The summed E-state index contributed by atoms with van der Waals surface area (Å²) >= 11 is 6.23. The van der Waals surface area contributed by atoms with Crippen LogP contribution in [0.25, 0.3) is 6.08 Å². The zero-order valence-corrected chi connectivity index (χ0v) is 18.7. The van der Waals surface area contributed by atoms with Crippen LogP contribution in [0.4, 0.5) is 5.69 Å². The highest BCUT2D eigenvalue weighted by Gasteiger charge is 2.17. The second-order valence-corrected chi connectivity index (χ2v) is 6.74. The number of methoxy groups -OCH3 is 2. The third-order valence-electron chi connectivity index (χ3n) is 4.12. The summed E-state index contributed by atoms with van der Waals surface area (Å²) in [6.45, 7) is 4.54. The van der Waals surface area contributed by atoms with Gasteiger partial charge in [0.15, 0.2) is 11.5 Å². The molecule has 0 aliphatic rings. The van der Waals surface area contributed by atoms with Gasteiger partial charge in [-0.05, 0) is 43.2 Å². The molecule has 0 saturated heterocycles. The summed E-state index contributed by atoms with van der Waals surface area (Å²) in [5.41, 5.74) is 1.25. The summed E-state index contributed by atoms with van der Waals surface area (Å²) in [7, 11) is 2.97. The van der Waals surface area contributed by atoms with Crippen molar-refractivity contribution in [3.63, 3.8) is 0 Å². The lowest BCUT2D eigenvalue weighted by atomic mass is 10.1. The van der Waals surface area contributed by atoms with E-state index in [-0.39, 0.29) is 22.9 Å². The first kappa shape index (κ1) is 24.1. The third-order valence-corrected chi connectivity index (χ3v) is 4.43. The van der Waals surface area contributed by atoms with Gasteiger partial charge < -0.3 is 24.3 Å². The van der Waals surface area contributed by atoms with Crippen molar-refractivity contribution < 1.29 is 28.5 Å². The van der Waals surface area contributed by atoms with E-state index in [9.17, 15) is 9.59 Å². The molecule has 8 heteroatoms. The van der Waals surface area contributed by atoms with Crippen LogP contribution in [0.2, 0.25) is 5.02 Å². The zero-order valence-electron chi connectivity index (χ0n) is 18.0. The Labute approximate surface area is 186 Å². The molecule has 0 radical (unpaired) electrons. The van der Waals surface area contributed by atoms with E-state index < -0.39 is 11.9 Å². The highest BCUT2D eigenvalue weighted by atomic mass is 35.5. The van der Waals surface area contributed by atoms with E-state index in [0.717, 1.165) is 12.0 Å². The van der Waals surface area contributed by atoms with E-state index in [0.29, 0.717) is 23.8 Å². The lowest BCUT2D eigenvalue weighted by Crippen LogP contribution is -2.11. The van der Waals surface area contributed by atoms with Crippen LogP contribution in [-0.2, 0) is 9.53 Å². The number of hydrogen-bond donors (Lipinski definition) is 1. The molecule has 7 nitrogen and oxygen atoms in total. The topological polar surface area (TPSA) is 83.1 Å². The molecule has 0 unspecified atom stereocenters. The molecule has 0 spiro atoms. The Kier molecular flexibility index (Phi) is 9.21. The van der Waals surface area contributed by atoms with Crippen LogP contribution in [0.5, 0.6) is 17.2 Å². The smallest absolute Gasteiger partial charge is 0.341 e. The first-order valence-corrected chi connectivity index (χ1v) is 10.2. The Bertz CT molecular complexity index is 957. The highest BCUT2D eigenvalue weighted by Crippen LogP contribution is 2.32. The van der Waals surface area contributed by atoms with Gasteiger partial charge in [-0.25, -0.2) is 4.79 Å². The molecule has 0 heterocycles. The monoisotopic (exact) mass is 447 g/mol. The molecule has 0 aliphatic heterocycles. The van der Waals surface area contributed by atoms with Gasteiger partial charge in [-0.15, -0.1) is 0 Å². The summed E-state index contributed by atoms with van der Waals surface area (Å²) in [5, 5.41) is 2.86. The van der Waals surface area contributed by atoms with Crippen LogP contribution in [-0.4, -0.2) is 39.3 Å². The van der Waals surface area contributed by atoms with Crippen LogP contribution in [0, 0.1) is 0 Å². The van der Waals surface area contributed by atoms with E-state index >= 15 is 0 Å². The summed E-state index contributed by atoms with van der Waals surface area (Å²) < 4.78 is 21.2. The standard InChI is InChI=1S/C23H26ClNO6/c1-5-11-31-19-9-7-15(12-21(19)29-4)8-10-22(26)25-18-14-20(28-3)16(13-17(18)24)23(27)30-6-2/h7-10,12-14H,5-6,11H2,1-4H3,(H,25,26)/b10-8+. The first-order chi connectivity index (χ1) is 14.9. The maximum absolute atomic E-state index is 12.4. The van der Waals surface area contributed by atoms with E-state index in [1.165, 1.54) is 25.3 Å². The molecule has 1 amide bonds. The molecule has 166 valence electrons. The van der Waals surface area contributed by atoms with Crippen molar-refractivity contribution >= 4 is 35.2 Å². The number of halogens is 1. The normalized spacial score (nSPS) is 10.6. The fraction of sp³-hybridized carbons (Fsp3) is 0.304. The molecule has 0 aromatic heterocycles. The van der Waals surface area contributed by atoms with Gasteiger partial charge in [0.1, 0.15) is 11.3 Å². The van der Waals surface area contributed by atoms with Crippen molar-refractivity contribution in [2.75, 3.05) is 32.8 Å². The van der Waals surface area contributed by atoms with Crippen molar-refractivity contribution in [2.24, 2.45) is 0 Å². The fourth-order valence-electron chi connectivity index (χ4n) is 2.65. The van der Waals surface area contributed by atoms with Crippen LogP contribution >= 0.6 is 11.6 Å². The predicted molar refractivity (Wildman–Crippen MR) is 120 cm³/mol. The minimum atomic E-state index is -0.556. The summed E-state index contributed by atoms with van der Waals surface area (Å²) in [6, 6.07) is 8.27. The van der Waals surface area contributed by atoms with Gasteiger partial charge in [-0.3, -0.25) is 4.79 Å². The molecular formula is C23H26ClNO6. The fourth-order valence-corrected chi connectivity index (χ4v) is 2.86. The number of rotatable bonds is 10. The van der Waals surface area contributed by atoms with Crippen LogP contribution < -0.4 is 19.5 Å². The second-order valence-electron chi connectivity index (χ2n) is 6.33. The Morgan fingerprint density at radius 2 is 1.77 bits per heavy atom. The predicted octanol–water partition coefficient (Wildman–Crippen LogP) is 4.97. The average molecular weight is 448 g/mol. The minimum absolute atomic E-state index is 0.181. The van der Waals surface area contributed by atoms with E-state index in [2.05, 4.69) is 5.32 Å². The second kappa shape index (κ2) is 11.9. The van der Waals surface area contributed by atoms with Gasteiger partial charge in [0, 0.05) is 12.1 Å². The molecule has 31 heavy (non-hydrogen) atoms. The highest BCUT2D eigenvalue weighted by molar-refractivity contribution is 6.34. The van der Waals surface area contributed by atoms with Gasteiger partial charge in [0.25, 0.3) is 0 Å². The number of benzene rings is 2. The quantitative estimate of drug-likeness (QED) is 0.408. The van der Waals surface area contributed by atoms with E-state index in [1.807, 2.05) is 13.0 Å². The van der Waals surface area contributed by atoms with Crippen molar-refractivity contribution in [3.05, 3.63) is 52.6 Å². The van der Waals surface area contributed by atoms with Gasteiger partial charge >= 0.3 is 5.97 Å². The number of ether oxygens (including phenoxy) is 4. The number of anilines is 1. The van der Waals surface area contributed by atoms with Gasteiger partial charge in [0.05, 0.1) is 38.1 Å². The van der Waals surface area contributed by atoms with Gasteiger partial charge in [-0.1, -0.05) is 24.6 Å². The zero-order chi connectivity index (χ0) is 22.8. The lowest BCUT2D eigenvalue weighted by molar-refractivity contribution is -0.111. The Morgan fingerprint density at radius 3 is 2.42 bits per heavy atom. The largest absolute Gasteiger partial charge is 0.496 e. The van der Waals surface area contributed by atoms with E-state index in [4.69, 9.17) is 30.5 Å². The van der Waals surface area contributed by atoms with E-state index in [1.54, 1.807) is 32.2 Å².